The second kappa shape index (κ2) is 11.1. The predicted molar refractivity (Wildman–Crippen MR) is 132 cm³/mol. The number of hydrogen-bond donors (Lipinski definition) is 5. The molecule has 11 nitrogen and oxygen atoms in total. The van der Waals surface area contributed by atoms with E-state index in [0.717, 1.165) is 0 Å². The van der Waals surface area contributed by atoms with Crippen molar-refractivity contribution in [3.8, 4) is 0 Å². The molecule has 3 unspecified atom stereocenters. The van der Waals surface area contributed by atoms with Crippen LogP contribution in [0.15, 0.2) is 89.9 Å². The molecule has 3 aromatic rings. The highest BCUT2D eigenvalue weighted by atomic mass is 31.2. The van der Waals surface area contributed by atoms with E-state index in [0.29, 0.717) is 5.56 Å². The second-order valence-electron chi connectivity index (χ2n) is 7.67. The van der Waals surface area contributed by atoms with E-state index in [1.165, 1.54) is 48.5 Å². The molecule has 0 radical (unpaired) electrons. The van der Waals surface area contributed by atoms with E-state index in [1.807, 2.05) is 0 Å². The number of nitrogens with two attached hydrogens (primary N) is 3. The lowest BCUT2D eigenvalue weighted by Gasteiger charge is -2.32. The summed E-state index contributed by atoms with van der Waals surface area (Å²) in [5.41, 5.74) is 17.6. The van der Waals surface area contributed by atoms with Crippen LogP contribution >= 0.6 is 7.60 Å². The lowest BCUT2D eigenvalue weighted by molar-refractivity contribution is -0.151. The number of carbonyl (C=O) groups is 2. The van der Waals surface area contributed by atoms with Crippen LogP contribution in [0, 0.1) is 0 Å². The molecule has 0 amide bonds. The zero-order valence-corrected chi connectivity index (χ0v) is 19.8. The van der Waals surface area contributed by atoms with E-state index in [1.54, 1.807) is 36.4 Å². The number of esters is 1. The van der Waals surface area contributed by atoms with Gasteiger partial charge in [-0.1, -0.05) is 72.8 Å². The van der Waals surface area contributed by atoms with Crippen LogP contribution in [0.5, 0.6) is 0 Å². The van der Waals surface area contributed by atoms with Gasteiger partial charge in [-0.3, -0.25) is 9.09 Å². The van der Waals surface area contributed by atoms with Gasteiger partial charge < -0.3 is 31.9 Å². The van der Waals surface area contributed by atoms with Crippen LogP contribution in [0.25, 0.3) is 0 Å². The minimum atomic E-state index is -5.29. The van der Waals surface area contributed by atoms with Crippen molar-refractivity contribution < 1.29 is 33.4 Å². The molecule has 0 fully saturated rings. The summed E-state index contributed by atoms with van der Waals surface area (Å²) >= 11 is 0. The molecule has 0 aromatic heterocycles. The van der Waals surface area contributed by atoms with Gasteiger partial charge in [0.1, 0.15) is 6.61 Å². The van der Waals surface area contributed by atoms with Crippen LogP contribution in [-0.2, 0) is 35.3 Å². The first kappa shape index (κ1) is 26.6. The maximum Gasteiger partial charge on any atom is 0.365 e. The molecule has 3 aromatic carbocycles. The molecule has 0 bridgehead atoms. The zero-order chi connectivity index (χ0) is 26.3. The minimum Gasteiger partial charge on any atom is -0.479 e. The van der Waals surface area contributed by atoms with Crippen molar-refractivity contribution in [3.05, 3.63) is 102 Å². The summed E-state index contributed by atoms with van der Waals surface area (Å²) in [6, 6.07) is 21.4. The Bertz CT molecular complexity index is 1300. The summed E-state index contributed by atoms with van der Waals surface area (Å²) in [5, 5.41) is 7.05. The monoisotopic (exact) mass is 512 g/mol. The molecule has 0 spiro atoms. The predicted octanol–water partition coefficient (Wildman–Crippen LogP) is 2.47. The van der Waals surface area contributed by atoms with Crippen LogP contribution in [0.2, 0.25) is 0 Å². The van der Waals surface area contributed by atoms with Crippen LogP contribution in [0.3, 0.4) is 0 Å². The average molecular weight is 512 g/mol. The number of carboxylic acids is 1. The Balaban J connectivity index is 1.99. The summed E-state index contributed by atoms with van der Waals surface area (Å²) in [6.07, 6.45) is -2.00. The van der Waals surface area contributed by atoms with E-state index in [4.69, 9.17) is 26.5 Å². The van der Waals surface area contributed by atoms with Gasteiger partial charge in [-0.05, 0) is 28.8 Å². The SMILES string of the molecule is NC(N)=Nc1cccc(C(OP(=O)(O)C(N)(C(=O)OCc2ccccc2)c2ccccc2)C(=O)O)c1. The molecule has 3 atom stereocenters. The molecule has 0 aliphatic rings. The molecule has 0 saturated heterocycles. The topological polar surface area (TPSA) is 201 Å². The fraction of sp³-hybridized carbons (Fsp3) is 0.125. The number of benzene rings is 3. The molecule has 0 aliphatic heterocycles. The fourth-order valence-corrected chi connectivity index (χ4v) is 4.74. The molecule has 8 N–H and O–H groups in total. The standard InChI is InChI=1S/C24H25N4O7P/c25-23(26)28-19-13-7-10-17(14-19)20(21(29)30)35-36(32,33)24(27,18-11-5-2-6-12-18)22(31)34-15-16-8-3-1-4-9-16/h1-14,20H,15,27H2,(H,29,30)(H,32,33)(H4,25,26,28). The highest BCUT2D eigenvalue weighted by Gasteiger charge is 2.57. The van der Waals surface area contributed by atoms with Gasteiger partial charge in [0.05, 0.1) is 5.69 Å². The van der Waals surface area contributed by atoms with Crippen molar-refractivity contribution in [2.45, 2.75) is 18.0 Å². The van der Waals surface area contributed by atoms with E-state index in [-0.39, 0.29) is 29.4 Å². The van der Waals surface area contributed by atoms with Gasteiger partial charge >= 0.3 is 19.5 Å². The van der Waals surface area contributed by atoms with Crippen molar-refractivity contribution in [1.82, 2.24) is 0 Å². The average Bonchev–Trinajstić information content (AvgIpc) is 2.86. The smallest absolute Gasteiger partial charge is 0.365 e. The van der Waals surface area contributed by atoms with Crippen molar-refractivity contribution in [2.75, 3.05) is 0 Å². The summed E-state index contributed by atoms with van der Waals surface area (Å²) < 4.78 is 24.1. The van der Waals surface area contributed by atoms with Crippen molar-refractivity contribution >= 4 is 31.2 Å². The van der Waals surface area contributed by atoms with Gasteiger partial charge in [0.15, 0.2) is 12.1 Å². The summed E-state index contributed by atoms with van der Waals surface area (Å²) in [5.74, 6) is -3.17. The lowest BCUT2D eigenvalue weighted by atomic mass is 10.1. The van der Waals surface area contributed by atoms with E-state index in [2.05, 4.69) is 4.99 Å². The van der Waals surface area contributed by atoms with Gasteiger partial charge in [0, 0.05) is 0 Å². The third-order valence-electron chi connectivity index (χ3n) is 5.09. The summed E-state index contributed by atoms with van der Waals surface area (Å²) in [4.78, 5) is 40.1. The highest BCUT2D eigenvalue weighted by molar-refractivity contribution is 7.55. The molecule has 188 valence electrons. The quantitative estimate of drug-likeness (QED) is 0.116. The van der Waals surface area contributed by atoms with E-state index >= 15 is 0 Å². The Labute approximate surface area is 206 Å². The lowest BCUT2D eigenvalue weighted by Crippen LogP contribution is -2.46. The van der Waals surface area contributed by atoms with Crippen molar-refractivity contribution in [2.24, 2.45) is 22.2 Å². The van der Waals surface area contributed by atoms with Crippen molar-refractivity contribution in [3.63, 3.8) is 0 Å². The molecule has 12 heteroatoms. The van der Waals surface area contributed by atoms with Gasteiger partial charge in [0.25, 0.3) is 0 Å². The summed E-state index contributed by atoms with van der Waals surface area (Å²) in [7, 11) is -5.29. The number of aliphatic imine (C=N–C) groups is 1. The number of hydrogen-bond acceptors (Lipinski definition) is 7. The minimum absolute atomic E-state index is 0.0626. The molecule has 0 aliphatic carbocycles. The maximum atomic E-state index is 13.6. The van der Waals surface area contributed by atoms with Gasteiger partial charge in [-0.2, -0.15) is 0 Å². The highest BCUT2D eigenvalue weighted by Crippen LogP contribution is 2.61. The van der Waals surface area contributed by atoms with Crippen LogP contribution in [-0.4, -0.2) is 27.9 Å². The Morgan fingerprint density at radius 2 is 1.58 bits per heavy atom. The third kappa shape index (κ3) is 5.96. The molecular formula is C24H25N4O7P. The van der Waals surface area contributed by atoms with Gasteiger partial charge in [-0.15, -0.1) is 0 Å². The number of aliphatic carboxylic acids is 1. The Hall–Kier alpha value is -4.02. The van der Waals surface area contributed by atoms with Gasteiger partial charge in [0.2, 0.25) is 5.28 Å². The number of guanidine groups is 1. The zero-order valence-electron chi connectivity index (χ0n) is 18.9. The first-order valence-electron chi connectivity index (χ1n) is 10.5. The molecule has 36 heavy (non-hydrogen) atoms. The van der Waals surface area contributed by atoms with Crippen molar-refractivity contribution in [1.29, 1.82) is 0 Å². The van der Waals surface area contributed by atoms with Crippen LogP contribution in [0.1, 0.15) is 22.8 Å². The molecule has 3 rings (SSSR count). The Morgan fingerprint density at radius 3 is 2.17 bits per heavy atom. The molecular weight excluding hydrogens is 487 g/mol. The number of rotatable bonds is 10. The normalized spacial score (nSPS) is 15.1. The molecule has 0 saturated carbocycles. The maximum absolute atomic E-state index is 13.6. The first-order valence-corrected chi connectivity index (χ1v) is 12.1. The Kier molecular flexibility index (Phi) is 8.23. The number of ether oxygens (including phenoxy) is 1. The van der Waals surface area contributed by atoms with Crippen LogP contribution in [0.4, 0.5) is 5.69 Å². The second-order valence-corrected chi connectivity index (χ2v) is 9.63. The third-order valence-corrected chi connectivity index (χ3v) is 6.92. The number of carbonyl (C=O) groups excluding carboxylic acids is 1. The van der Waals surface area contributed by atoms with Crippen LogP contribution < -0.4 is 17.2 Å². The number of carboxylic acid groups (broad SMARTS) is 1. The first-order chi connectivity index (χ1) is 17.0. The van der Waals surface area contributed by atoms with E-state index in [9.17, 15) is 24.2 Å². The van der Waals surface area contributed by atoms with E-state index < -0.39 is 30.9 Å². The molecule has 0 heterocycles. The fourth-order valence-electron chi connectivity index (χ4n) is 3.30. The summed E-state index contributed by atoms with van der Waals surface area (Å²) in [6.45, 7) is -0.242. The largest absolute Gasteiger partial charge is 0.479 e. The number of nitrogens with zero attached hydrogens (tertiary/aromatic N) is 1. The van der Waals surface area contributed by atoms with Gasteiger partial charge in [-0.25, -0.2) is 14.6 Å². The Morgan fingerprint density at radius 1 is 0.972 bits per heavy atom.